The Morgan fingerprint density at radius 1 is 1.19 bits per heavy atom. The van der Waals surface area contributed by atoms with E-state index in [0.717, 1.165) is 0 Å². The second kappa shape index (κ2) is 4.02. The smallest absolute Gasteiger partial charge is 0.400 e. The Balaban J connectivity index is 2.05. The van der Waals surface area contributed by atoms with Crippen molar-refractivity contribution in [1.82, 2.24) is 0 Å². The van der Waals surface area contributed by atoms with Crippen LogP contribution in [-0.2, 0) is 9.31 Å². The first kappa shape index (κ1) is 11.9. The van der Waals surface area contributed by atoms with Gasteiger partial charge in [-0.15, -0.1) is 11.3 Å². The fraction of sp³-hybridized carbons (Fsp3) is 0.500. The van der Waals surface area contributed by atoms with Gasteiger partial charge in [-0.1, -0.05) is 18.1 Å². The van der Waals surface area contributed by atoms with E-state index >= 15 is 0 Å². The van der Waals surface area contributed by atoms with Crippen LogP contribution in [0.3, 0.4) is 0 Å². The third-order valence-corrected chi connectivity index (χ3v) is 4.07. The maximum absolute atomic E-state index is 5.86. The van der Waals surface area contributed by atoms with Crippen LogP contribution in [0.1, 0.15) is 32.6 Å². The van der Waals surface area contributed by atoms with Gasteiger partial charge in [-0.25, -0.2) is 0 Å². The third kappa shape index (κ3) is 2.24. The Kier molecular flexibility index (Phi) is 2.99. The highest BCUT2D eigenvalue weighted by molar-refractivity contribution is 7.10. The molecule has 0 amide bonds. The van der Waals surface area contributed by atoms with Crippen molar-refractivity contribution in [3.8, 4) is 0 Å². The van der Waals surface area contributed by atoms with Crippen molar-refractivity contribution in [1.29, 1.82) is 0 Å². The maximum atomic E-state index is 5.86. The molecule has 16 heavy (non-hydrogen) atoms. The lowest BCUT2D eigenvalue weighted by Gasteiger charge is -2.32. The SMILES string of the molecule is CC1(C)OB(/C=C/c2cccs2)OC1(C)C. The van der Waals surface area contributed by atoms with Crippen molar-refractivity contribution in [2.45, 2.75) is 38.9 Å². The molecule has 1 aromatic rings. The number of hydrogen-bond donors (Lipinski definition) is 0. The molecule has 0 saturated carbocycles. The molecule has 0 unspecified atom stereocenters. The summed E-state index contributed by atoms with van der Waals surface area (Å²) >= 11 is 1.71. The summed E-state index contributed by atoms with van der Waals surface area (Å²) in [5.74, 6) is 1.97. The summed E-state index contributed by atoms with van der Waals surface area (Å²) in [6.07, 6.45) is 2.05. The molecular formula is C12H17BO2S. The lowest BCUT2D eigenvalue weighted by Crippen LogP contribution is -2.41. The van der Waals surface area contributed by atoms with E-state index in [2.05, 4.69) is 39.1 Å². The second-order valence-electron chi connectivity index (χ2n) is 5.00. The Labute approximate surface area is 101 Å². The maximum Gasteiger partial charge on any atom is 0.487 e. The monoisotopic (exact) mass is 236 g/mol. The van der Waals surface area contributed by atoms with Crippen LogP contribution in [0.25, 0.3) is 6.08 Å². The Bertz CT molecular complexity index is 366. The summed E-state index contributed by atoms with van der Waals surface area (Å²) in [7, 11) is -0.243. The molecule has 0 bridgehead atoms. The predicted molar refractivity (Wildman–Crippen MR) is 69.4 cm³/mol. The minimum Gasteiger partial charge on any atom is -0.400 e. The van der Waals surface area contributed by atoms with Crippen LogP contribution >= 0.6 is 11.3 Å². The molecular weight excluding hydrogens is 219 g/mol. The van der Waals surface area contributed by atoms with Gasteiger partial charge in [0.25, 0.3) is 0 Å². The molecule has 2 rings (SSSR count). The Morgan fingerprint density at radius 3 is 2.31 bits per heavy atom. The van der Waals surface area contributed by atoms with E-state index in [1.807, 2.05) is 18.1 Å². The van der Waals surface area contributed by atoms with Crippen LogP contribution in [-0.4, -0.2) is 18.3 Å². The van der Waals surface area contributed by atoms with Gasteiger partial charge in [0, 0.05) is 4.88 Å². The van der Waals surface area contributed by atoms with Gasteiger partial charge in [0.1, 0.15) is 0 Å². The average molecular weight is 236 g/mol. The van der Waals surface area contributed by atoms with Crippen LogP contribution in [0, 0.1) is 0 Å². The van der Waals surface area contributed by atoms with Gasteiger partial charge in [0.15, 0.2) is 0 Å². The first-order valence-corrected chi connectivity index (χ1v) is 6.36. The highest BCUT2D eigenvalue weighted by atomic mass is 32.1. The minimum absolute atomic E-state index is 0.243. The molecule has 0 N–H and O–H groups in total. The van der Waals surface area contributed by atoms with Crippen LogP contribution in [0.15, 0.2) is 23.5 Å². The second-order valence-corrected chi connectivity index (χ2v) is 5.98. The van der Waals surface area contributed by atoms with Gasteiger partial charge in [-0.3, -0.25) is 0 Å². The molecule has 1 aliphatic rings. The molecule has 0 aliphatic carbocycles. The molecule has 1 aromatic heterocycles. The molecule has 0 atom stereocenters. The van der Waals surface area contributed by atoms with Crippen LogP contribution in [0.5, 0.6) is 0 Å². The van der Waals surface area contributed by atoms with E-state index in [9.17, 15) is 0 Å². The standard InChI is InChI=1S/C12H17BO2S/c1-11(2)12(3,4)15-13(14-11)8-7-10-6-5-9-16-10/h5-9H,1-4H3/b8-7+. The number of hydrogen-bond acceptors (Lipinski definition) is 3. The van der Waals surface area contributed by atoms with Crippen LogP contribution in [0.4, 0.5) is 0 Å². The summed E-state index contributed by atoms with van der Waals surface area (Å²) in [5.41, 5.74) is -0.505. The molecule has 2 nitrogen and oxygen atoms in total. The van der Waals surface area contributed by atoms with Gasteiger partial charge >= 0.3 is 7.12 Å². The topological polar surface area (TPSA) is 18.5 Å². The summed E-state index contributed by atoms with van der Waals surface area (Å²) in [5, 5.41) is 2.06. The molecule has 1 aliphatic heterocycles. The number of thiophene rings is 1. The molecule has 4 heteroatoms. The largest absolute Gasteiger partial charge is 0.487 e. The van der Waals surface area contributed by atoms with E-state index in [-0.39, 0.29) is 18.3 Å². The summed E-state index contributed by atoms with van der Waals surface area (Å²) in [4.78, 5) is 1.22. The van der Waals surface area contributed by atoms with Crippen LogP contribution in [0.2, 0.25) is 0 Å². The van der Waals surface area contributed by atoms with Crippen molar-refractivity contribution in [3.63, 3.8) is 0 Å². The zero-order chi connectivity index (χ0) is 11.8. The minimum atomic E-state index is -0.253. The van der Waals surface area contributed by atoms with Crippen LogP contribution < -0.4 is 0 Å². The van der Waals surface area contributed by atoms with Gasteiger partial charge in [-0.05, 0) is 39.1 Å². The van der Waals surface area contributed by atoms with E-state index in [1.165, 1.54) is 4.88 Å². The molecule has 1 saturated heterocycles. The van der Waals surface area contributed by atoms with E-state index in [0.29, 0.717) is 0 Å². The zero-order valence-corrected chi connectivity index (χ0v) is 11.0. The van der Waals surface area contributed by atoms with Crippen molar-refractivity contribution in [3.05, 3.63) is 28.4 Å². The molecule has 0 aromatic carbocycles. The average Bonchev–Trinajstić information content (AvgIpc) is 2.70. The Morgan fingerprint density at radius 2 is 1.81 bits per heavy atom. The summed E-state index contributed by atoms with van der Waals surface area (Å²) < 4.78 is 11.7. The third-order valence-electron chi connectivity index (χ3n) is 3.23. The van der Waals surface area contributed by atoms with Gasteiger partial charge in [-0.2, -0.15) is 0 Å². The summed E-state index contributed by atoms with van der Waals surface area (Å²) in [6.45, 7) is 8.25. The molecule has 86 valence electrons. The highest BCUT2D eigenvalue weighted by Gasteiger charge is 2.49. The van der Waals surface area contributed by atoms with Gasteiger partial charge < -0.3 is 9.31 Å². The molecule has 0 radical (unpaired) electrons. The molecule has 1 fully saturated rings. The Hall–Kier alpha value is -0.575. The fourth-order valence-corrected chi connectivity index (χ4v) is 2.16. The normalized spacial score (nSPS) is 23.1. The van der Waals surface area contributed by atoms with Crippen molar-refractivity contribution < 1.29 is 9.31 Å². The first-order chi connectivity index (χ1) is 7.41. The van der Waals surface area contributed by atoms with E-state index in [4.69, 9.17) is 9.31 Å². The highest BCUT2D eigenvalue weighted by Crippen LogP contribution is 2.37. The van der Waals surface area contributed by atoms with E-state index in [1.54, 1.807) is 11.3 Å². The molecule has 2 heterocycles. The summed E-state index contributed by atoms with van der Waals surface area (Å²) in [6, 6.07) is 4.11. The van der Waals surface area contributed by atoms with Crippen molar-refractivity contribution in [2.24, 2.45) is 0 Å². The van der Waals surface area contributed by atoms with E-state index < -0.39 is 0 Å². The first-order valence-electron chi connectivity index (χ1n) is 5.48. The molecule has 0 spiro atoms. The predicted octanol–water partition coefficient (Wildman–Crippen LogP) is 3.39. The zero-order valence-electron chi connectivity index (χ0n) is 10.2. The van der Waals surface area contributed by atoms with Crippen molar-refractivity contribution >= 4 is 24.5 Å². The number of rotatable bonds is 2. The lowest BCUT2D eigenvalue weighted by atomic mass is 9.90. The van der Waals surface area contributed by atoms with Gasteiger partial charge in [0.05, 0.1) is 11.2 Å². The quantitative estimate of drug-likeness (QED) is 0.732. The van der Waals surface area contributed by atoms with Crippen molar-refractivity contribution in [2.75, 3.05) is 0 Å². The lowest BCUT2D eigenvalue weighted by molar-refractivity contribution is 0.00578. The fourth-order valence-electron chi connectivity index (χ4n) is 1.53. The van der Waals surface area contributed by atoms with Gasteiger partial charge in [0.2, 0.25) is 0 Å².